The Labute approximate surface area is 168 Å². The molecule has 0 aliphatic carbocycles. The van der Waals surface area contributed by atoms with Crippen LogP contribution in [0.1, 0.15) is 17.2 Å². The van der Waals surface area contributed by atoms with E-state index in [4.69, 9.17) is 4.74 Å². The predicted molar refractivity (Wildman–Crippen MR) is 109 cm³/mol. The SMILES string of the molecule is COc1n[nH]c2cc(NC(=O)N[C@H]3CN(C)C[C@@H]3c3ccccc3)nc(CO)c12. The number of aliphatic hydroxyl groups is 1. The quantitative estimate of drug-likeness (QED) is 0.522. The molecule has 2 amide bonds. The molecule has 1 fully saturated rings. The number of likely N-dealkylation sites (tertiary alicyclic amines) is 1. The average Bonchev–Trinajstić information content (AvgIpc) is 3.30. The highest BCUT2D eigenvalue weighted by molar-refractivity contribution is 5.93. The van der Waals surface area contributed by atoms with Crippen molar-refractivity contribution in [1.29, 1.82) is 0 Å². The molecular weight excluding hydrogens is 372 g/mol. The maximum atomic E-state index is 12.7. The Hall–Kier alpha value is -3.17. The molecule has 9 heteroatoms. The molecule has 0 unspecified atom stereocenters. The van der Waals surface area contributed by atoms with E-state index in [-0.39, 0.29) is 24.6 Å². The standard InChI is InChI=1S/C20H24N6O3/c1-26-9-13(12-6-4-3-5-7-12)15(10-26)22-20(28)23-17-8-14-18(16(11-27)21-17)19(29-2)25-24-14/h3-8,13,15,27H,9-11H2,1-2H3,(H,24,25)(H2,21,22,23,28)/t13-,15+/m1/s1. The van der Waals surface area contributed by atoms with Crippen LogP contribution in [0.4, 0.5) is 10.6 Å². The first-order valence-corrected chi connectivity index (χ1v) is 9.43. The largest absolute Gasteiger partial charge is 0.479 e. The van der Waals surface area contributed by atoms with Crippen molar-refractivity contribution in [2.45, 2.75) is 18.6 Å². The molecule has 0 saturated carbocycles. The summed E-state index contributed by atoms with van der Waals surface area (Å²) in [5.41, 5.74) is 2.21. The summed E-state index contributed by atoms with van der Waals surface area (Å²) in [6.07, 6.45) is 0. The molecule has 0 bridgehead atoms. The second-order valence-corrected chi connectivity index (χ2v) is 7.21. The molecule has 1 aliphatic rings. The molecule has 2 atom stereocenters. The number of amides is 2. The van der Waals surface area contributed by atoms with Crippen molar-refractivity contribution in [2.24, 2.45) is 0 Å². The predicted octanol–water partition coefficient (Wildman–Crippen LogP) is 1.68. The van der Waals surface area contributed by atoms with Gasteiger partial charge in [-0.05, 0) is 12.6 Å². The van der Waals surface area contributed by atoms with E-state index in [1.807, 2.05) is 25.2 Å². The number of hydrogen-bond donors (Lipinski definition) is 4. The maximum absolute atomic E-state index is 12.7. The lowest BCUT2D eigenvalue weighted by molar-refractivity contribution is 0.247. The first-order valence-electron chi connectivity index (χ1n) is 9.43. The molecule has 3 heterocycles. The van der Waals surface area contributed by atoms with Crippen molar-refractivity contribution in [2.75, 3.05) is 32.6 Å². The van der Waals surface area contributed by atoms with Crippen molar-refractivity contribution < 1.29 is 14.6 Å². The number of aromatic nitrogens is 3. The average molecular weight is 396 g/mol. The Kier molecular flexibility index (Phi) is 5.32. The van der Waals surface area contributed by atoms with Gasteiger partial charge in [-0.2, -0.15) is 0 Å². The van der Waals surface area contributed by atoms with E-state index in [9.17, 15) is 9.90 Å². The summed E-state index contributed by atoms with van der Waals surface area (Å²) < 4.78 is 5.19. The number of likely N-dealkylation sites (N-methyl/N-ethyl adjacent to an activating group) is 1. The Bertz CT molecular complexity index is 1010. The molecule has 0 radical (unpaired) electrons. The number of aromatic amines is 1. The molecule has 4 rings (SSSR count). The van der Waals surface area contributed by atoms with Crippen molar-refractivity contribution >= 4 is 22.8 Å². The fraction of sp³-hybridized carbons (Fsp3) is 0.350. The van der Waals surface area contributed by atoms with Gasteiger partial charge < -0.3 is 20.1 Å². The fourth-order valence-corrected chi connectivity index (χ4v) is 3.92. The summed E-state index contributed by atoms with van der Waals surface area (Å²) in [4.78, 5) is 19.2. The monoisotopic (exact) mass is 396 g/mol. The number of nitrogens with zero attached hydrogens (tertiary/aromatic N) is 3. The van der Waals surface area contributed by atoms with E-state index in [0.717, 1.165) is 13.1 Å². The molecule has 29 heavy (non-hydrogen) atoms. The summed E-state index contributed by atoms with van der Waals surface area (Å²) >= 11 is 0. The highest BCUT2D eigenvalue weighted by atomic mass is 16.5. The van der Waals surface area contributed by atoms with Crippen LogP contribution in [0.5, 0.6) is 5.88 Å². The molecule has 0 spiro atoms. The van der Waals surface area contributed by atoms with Crippen LogP contribution in [0, 0.1) is 0 Å². The van der Waals surface area contributed by atoms with Gasteiger partial charge in [-0.1, -0.05) is 30.3 Å². The van der Waals surface area contributed by atoms with Gasteiger partial charge in [-0.3, -0.25) is 10.4 Å². The van der Waals surface area contributed by atoms with Crippen molar-refractivity contribution in [3.05, 3.63) is 47.7 Å². The normalized spacial score (nSPS) is 19.4. The summed E-state index contributed by atoms with van der Waals surface area (Å²) in [5, 5.41) is 23.0. The summed E-state index contributed by atoms with van der Waals surface area (Å²) in [6, 6.07) is 11.5. The van der Waals surface area contributed by atoms with Gasteiger partial charge in [0.05, 0.1) is 36.4 Å². The van der Waals surface area contributed by atoms with Gasteiger partial charge in [0.1, 0.15) is 5.82 Å². The highest BCUT2D eigenvalue weighted by Crippen LogP contribution is 2.28. The van der Waals surface area contributed by atoms with E-state index < -0.39 is 0 Å². The number of fused-ring (bicyclic) bond motifs is 1. The van der Waals surface area contributed by atoms with E-state index in [2.05, 4.69) is 42.8 Å². The number of methoxy groups -OCH3 is 1. The van der Waals surface area contributed by atoms with Crippen molar-refractivity contribution in [3.63, 3.8) is 0 Å². The number of carbonyl (C=O) groups is 1. The van der Waals surface area contributed by atoms with Gasteiger partial charge in [0.25, 0.3) is 0 Å². The van der Waals surface area contributed by atoms with E-state index in [1.165, 1.54) is 12.7 Å². The Morgan fingerprint density at radius 2 is 2.14 bits per heavy atom. The number of ether oxygens (including phenoxy) is 1. The lowest BCUT2D eigenvalue weighted by Crippen LogP contribution is -2.42. The number of benzene rings is 1. The maximum Gasteiger partial charge on any atom is 0.320 e. The number of H-pyrrole nitrogens is 1. The lowest BCUT2D eigenvalue weighted by Gasteiger charge is -2.20. The summed E-state index contributed by atoms with van der Waals surface area (Å²) in [6.45, 7) is 1.34. The van der Waals surface area contributed by atoms with Gasteiger partial charge in [-0.25, -0.2) is 9.78 Å². The van der Waals surface area contributed by atoms with E-state index >= 15 is 0 Å². The molecule has 2 aromatic heterocycles. The number of rotatable bonds is 5. The molecule has 4 N–H and O–H groups in total. The van der Waals surface area contributed by atoms with Crippen LogP contribution in [-0.2, 0) is 6.61 Å². The topological polar surface area (TPSA) is 115 Å². The van der Waals surface area contributed by atoms with Gasteiger partial charge in [0, 0.05) is 25.1 Å². The smallest absolute Gasteiger partial charge is 0.320 e. The molecule has 1 saturated heterocycles. The van der Waals surface area contributed by atoms with Crippen LogP contribution in [0.2, 0.25) is 0 Å². The van der Waals surface area contributed by atoms with E-state index in [0.29, 0.717) is 28.3 Å². The Balaban J connectivity index is 1.51. The number of anilines is 1. The second kappa shape index (κ2) is 8.06. The minimum absolute atomic E-state index is 0.0179. The number of pyridine rings is 1. The minimum atomic E-state index is -0.339. The summed E-state index contributed by atoms with van der Waals surface area (Å²) in [5.74, 6) is 0.896. The first-order chi connectivity index (χ1) is 14.1. The zero-order valence-corrected chi connectivity index (χ0v) is 16.3. The molecule has 1 aliphatic heterocycles. The van der Waals surface area contributed by atoms with Crippen molar-refractivity contribution in [1.82, 2.24) is 25.4 Å². The zero-order chi connectivity index (χ0) is 20.4. The number of urea groups is 1. The lowest BCUT2D eigenvalue weighted by atomic mass is 9.94. The van der Waals surface area contributed by atoms with Crippen LogP contribution in [0.3, 0.4) is 0 Å². The molecule has 9 nitrogen and oxygen atoms in total. The number of nitrogens with one attached hydrogen (secondary N) is 3. The van der Waals surface area contributed by atoms with Crippen molar-refractivity contribution in [3.8, 4) is 5.88 Å². The number of hydrogen-bond acceptors (Lipinski definition) is 6. The molecule has 3 aromatic rings. The van der Waals surface area contributed by atoms with Crippen LogP contribution in [-0.4, -0.2) is 64.5 Å². The first kappa shape index (κ1) is 19.2. The summed E-state index contributed by atoms with van der Waals surface area (Å²) in [7, 11) is 3.54. The van der Waals surface area contributed by atoms with Crippen LogP contribution < -0.4 is 15.4 Å². The Morgan fingerprint density at radius 3 is 2.86 bits per heavy atom. The number of carbonyl (C=O) groups excluding carboxylic acids is 1. The van der Waals surface area contributed by atoms with Gasteiger partial charge in [0.15, 0.2) is 0 Å². The fourth-order valence-electron chi connectivity index (χ4n) is 3.92. The number of aliphatic hydroxyl groups excluding tert-OH is 1. The van der Waals surface area contributed by atoms with E-state index in [1.54, 1.807) is 6.07 Å². The second-order valence-electron chi connectivity index (χ2n) is 7.21. The van der Waals surface area contributed by atoms with Gasteiger partial charge in [-0.15, -0.1) is 5.10 Å². The third-order valence-corrected chi connectivity index (χ3v) is 5.22. The minimum Gasteiger partial charge on any atom is -0.479 e. The van der Waals surface area contributed by atoms with Crippen LogP contribution in [0.15, 0.2) is 36.4 Å². The molecule has 1 aromatic carbocycles. The molecule has 152 valence electrons. The Morgan fingerprint density at radius 1 is 1.34 bits per heavy atom. The highest BCUT2D eigenvalue weighted by Gasteiger charge is 2.33. The van der Waals surface area contributed by atoms with Crippen LogP contribution in [0.25, 0.3) is 10.9 Å². The van der Waals surface area contributed by atoms with Crippen LogP contribution >= 0.6 is 0 Å². The molecular formula is C20H24N6O3. The van der Waals surface area contributed by atoms with Gasteiger partial charge in [0.2, 0.25) is 5.88 Å². The third-order valence-electron chi connectivity index (χ3n) is 5.22. The zero-order valence-electron chi connectivity index (χ0n) is 16.3. The third kappa shape index (κ3) is 3.87. The van der Waals surface area contributed by atoms with Gasteiger partial charge >= 0.3 is 6.03 Å².